The second-order valence-electron chi connectivity index (χ2n) is 6.08. The van der Waals surface area contributed by atoms with E-state index in [9.17, 15) is 23.2 Å². The highest BCUT2D eigenvalue weighted by Crippen LogP contribution is 2.51. The minimum Gasteiger partial charge on any atom is -0.504 e. The van der Waals surface area contributed by atoms with Crippen LogP contribution in [0.3, 0.4) is 0 Å². The van der Waals surface area contributed by atoms with Gasteiger partial charge in [0.25, 0.3) is 10.1 Å². The van der Waals surface area contributed by atoms with Crippen LogP contribution in [0.25, 0.3) is 0 Å². The van der Waals surface area contributed by atoms with Crippen LogP contribution in [0.5, 0.6) is 11.5 Å². The van der Waals surface area contributed by atoms with Crippen molar-refractivity contribution in [3.63, 3.8) is 0 Å². The summed E-state index contributed by atoms with van der Waals surface area (Å²) < 4.78 is 34.0. The maximum atomic E-state index is 13.0. The molecule has 0 aromatic heterocycles. The molecule has 5 nitrogen and oxygen atoms in total. The van der Waals surface area contributed by atoms with E-state index >= 15 is 0 Å². The molecule has 0 heterocycles. The van der Waals surface area contributed by atoms with Crippen molar-refractivity contribution in [2.24, 2.45) is 0 Å². The molecule has 0 saturated heterocycles. The van der Waals surface area contributed by atoms with Crippen molar-refractivity contribution in [2.75, 3.05) is 0 Å². The number of halogens is 4. The molecule has 0 fully saturated rings. The Balaban J connectivity index is 2.61. The van der Waals surface area contributed by atoms with Crippen molar-refractivity contribution >= 4 is 56.5 Å². The summed E-state index contributed by atoms with van der Waals surface area (Å²) in [6.07, 6.45) is 0. The molecule has 0 aliphatic heterocycles. The first-order valence-corrected chi connectivity index (χ1v) is 10.8. The standard InChI is InChI=1S/C19H12Cl4O5S/c20-12-4-1-10(2-5-12)19(29(26,27)28,11-3-8-15(24)16(25)9-11)17-13(21)6-7-14(22)18(17)23/h1-9,24-25H,(H,26,27,28). The SMILES string of the molecule is O=S(=O)(O)C(c1ccc(Cl)cc1)(c1ccc(O)c(O)c1)c1c(Cl)ccc(Cl)c1Cl. The van der Waals surface area contributed by atoms with Crippen LogP contribution >= 0.6 is 46.4 Å². The lowest BCUT2D eigenvalue weighted by Gasteiger charge is -2.34. The molecule has 1 unspecified atom stereocenters. The molecule has 0 bridgehead atoms. The lowest BCUT2D eigenvalue weighted by molar-refractivity contribution is 0.402. The zero-order chi connectivity index (χ0) is 21.6. The molecular formula is C19H12Cl4O5S. The number of hydrogen-bond donors (Lipinski definition) is 3. The van der Waals surface area contributed by atoms with Crippen LogP contribution < -0.4 is 0 Å². The van der Waals surface area contributed by atoms with Crippen LogP contribution in [-0.2, 0) is 14.9 Å². The highest BCUT2D eigenvalue weighted by Gasteiger charge is 2.51. The van der Waals surface area contributed by atoms with Crippen molar-refractivity contribution in [1.29, 1.82) is 0 Å². The summed E-state index contributed by atoms with van der Waals surface area (Å²) in [5.74, 6) is -1.10. The molecule has 0 amide bonds. The van der Waals surface area contributed by atoms with E-state index in [2.05, 4.69) is 0 Å². The minimum atomic E-state index is -5.05. The molecule has 3 aromatic rings. The Hall–Kier alpha value is -1.67. The zero-order valence-electron chi connectivity index (χ0n) is 14.3. The van der Waals surface area contributed by atoms with Gasteiger partial charge in [-0.2, -0.15) is 8.42 Å². The highest BCUT2D eigenvalue weighted by molar-refractivity contribution is 7.87. The van der Waals surface area contributed by atoms with Gasteiger partial charge in [0.1, 0.15) is 0 Å². The molecule has 3 aromatic carbocycles. The van der Waals surface area contributed by atoms with E-state index in [-0.39, 0.29) is 31.8 Å². The van der Waals surface area contributed by atoms with Crippen molar-refractivity contribution in [3.05, 3.63) is 91.4 Å². The van der Waals surface area contributed by atoms with Gasteiger partial charge >= 0.3 is 0 Å². The molecule has 152 valence electrons. The molecule has 29 heavy (non-hydrogen) atoms. The Morgan fingerprint density at radius 3 is 1.83 bits per heavy atom. The van der Waals surface area contributed by atoms with Crippen molar-refractivity contribution in [3.8, 4) is 11.5 Å². The van der Waals surface area contributed by atoms with Gasteiger partial charge in [-0.25, -0.2) is 0 Å². The fraction of sp³-hybridized carbons (Fsp3) is 0.0526. The average molecular weight is 494 g/mol. The first-order valence-electron chi connectivity index (χ1n) is 7.89. The van der Waals surface area contributed by atoms with Gasteiger partial charge < -0.3 is 10.2 Å². The molecule has 10 heteroatoms. The summed E-state index contributed by atoms with van der Waals surface area (Å²) in [6, 6.07) is 11.6. The average Bonchev–Trinajstić information content (AvgIpc) is 2.64. The molecule has 0 aliphatic rings. The third-order valence-corrected chi connectivity index (χ3v) is 7.24. The summed E-state index contributed by atoms with van der Waals surface area (Å²) >= 11 is 24.8. The molecule has 0 aliphatic carbocycles. The number of phenolic OH excluding ortho intramolecular Hbond substituents is 2. The number of aromatic hydroxyl groups is 2. The van der Waals surface area contributed by atoms with Crippen LogP contribution in [-0.4, -0.2) is 23.2 Å². The first-order chi connectivity index (χ1) is 13.5. The second kappa shape index (κ2) is 7.87. The summed E-state index contributed by atoms with van der Waals surface area (Å²) in [7, 11) is -5.05. The Bertz CT molecular complexity index is 1200. The van der Waals surface area contributed by atoms with Gasteiger partial charge in [0.2, 0.25) is 0 Å². The van der Waals surface area contributed by atoms with E-state index in [0.29, 0.717) is 5.02 Å². The maximum Gasteiger partial charge on any atom is 0.283 e. The number of rotatable bonds is 4. The smallest absolute Gasteiger partial charge is 0.283 e. The van der Waals surface area contributed by atoms with E-state index < -0.39 is 26.4 Å². The van der Waals surface area contributed by atoms with Crippen LogP contribution in [0.1, 0.15) is 16.7 Å². The predicted molar refractivity (Wildman–Crippen MR) is 114 cm³/mol. The topological polar surface area (TPSA) is 94.8 Å². The lowest BCUT2D eigenvalue weighted by atomic mass is 9.83. The van der Waals surface area contributed by atoms with Gasteiger partial charge in [-0.1, -0.05) is 64.6 Å². The monoisotopic (exact) mass is 492 g/mol. The molecule has 0 spiro atoms. The van der Waals surface area contributed by atoms with Gasteiger partial charge in [-0.05, 0) is 47.5 Å². The Labute approximate surface area is 186 Å². The molecule has 1 atom stereocenters. The quantitative estimate of drug-likeness (QED) is 0.182. The zero-order valence-corrected chi connectivity index (χ0v) is 18.1. The minimum absolute atomic E-state index is 0.00365. The fourth-order valence-corrected chi connectivity index (χ4v) is 5.54. The largest absolute Gasteiger partial charge is 0.504 e. The van der Waals surface area contributed by atoms with Gasteiger partial charge in [0.05, 0.1) is 10.0 Å². The first kappa shape index (κ1) is 22.0. The van der Waals surface area contributed by atoms with Crippen LogP contribution in [0.15, 0.2) is 54.6 Å². The summed E-state index contributed by atoms with van der Waals surface area (Å²) in [4.78, 5) is 0. The number of phenols is 2. The third-order valence-electron chi connectivity index (χ3n) is 4.42. The predicted octanol–water partition coefficient (Wildman–Crippen LogP) is 5.89. The molecule has 0 radical (unpaired) electrons. The summed E-state index contributed by atoms with van der Waals surface area (Å²) in [6.45, 7) is 0. The van der Waals surface area contributed by atoms with E-state index in [0.717, 1.165) is 12.1 Å². The van der Waals surface area contributed by atoms with Gasteiger partial charge in [0.15, 0.2) is 16.2 Å². The molecule has 3 rings (SSSR count). The molecule has 3 N–H and O–H groups in total. The highest BCUT2D eigenvalue weighted by atomic mass is 35.5. The Morgan fingerprint density at radius 1 is 0.724 bits per heavy atom. The van der Waals surface area contributed by atoms with Gasteiger partial charge in [-0.3, -0.25) is 4.55 Å². The van der Waals surface area contributed by atoms with E-state index in [1.807, 2.05) is 0 Å². The van der Waals surface area contributed by atoms with Crippen LogP contribution in [0.4, 0.5) is 0 Å². The Morgan fingerprint density at radius 2 is 1.28 bits per heavy atom. The van der Waals surface area contributed by atoms with Crippen molar-refractivity contribution in [1.82, 2.24) is 0 Å². The maximum absolute atomic E-state index is 13.0. The van der Waals surface area contributed by atoms with Crippen LogP contribution in [0.2, 0.25) is 20.1 Å². The van der Waals surface area contributed by atoms with Crippen LogP contribution in [0, 0.1) is 0 Å². The van der Waals surface area contributed by atoms with E-state index in [1.165, 1.54) is 42.5 Å². The van der Waals surface area contributed by atoms with Gasteiger partial charge in [0, 0.05) is 15.6 Å². The van der Waals surface area contributed by atoms with E-state index in [1.54, 1.807) is 0 Å². The van der Waals surface area contributed by atoms with Crippen molar-refractivity contribution < 1.29 is 23.2 Å². The second-order valence-corrected chi connectivity index (χ2v) is 9.28. The lowest BCUT2D eigenvalue weighted by Crippen LogP contribution is -2.39. The Kier molecular flexibility index (Phi) is 5.98. The molecular weight excluding hydrogens is 482 g/mol. The van der Waals surface area contributed by atoms with Crippen molar-refractivity contribution in [2.45, 2.75) is 4.75 Å². The molecule has 0 saturated carbocycles. The normalized spacial score (nSPS) is 13.8. The summed E-state index contributed by atoms with van der Waals surface area (Å²) in [5.41, 5.74) is -0.326. The number of hydrogen-bond acceptors (Lipinski definition) is 4. The van der Waals surface area contributed by atoms with Gasteiger partial charge in [-0.15, -0.1) is 0 Å². The van der Waals surface area contributed by atoms with E-state index in [4.69, 9.17) is 46.4 Å². The summed E-state index contributed by atoms with van der Waals surface area (Å²) in [5, 5.41) is 19.7. The number of benzene rings is 3. The fourth-order valence-electron chi connectivity index (χ4n) is 3.16. The third kappa shape index (κ3) is 3.65.